The molecule has 1 fully saturated rings. The average Bonchev–Trinajstić information content (AvgIpc) is 3.28. The Morgan fingerprint density at radius 2 is 1.88 bits per heavy atom. The van der Waals surface area contributed by atoms with Crippen molar-refractivity contribution in [2.24, 2.45) is 0 Å². The Bertz CT molecular complexity index is 1310. The molecule has 0 bridgehead atoms. The van der Waals surface area contributed by atoms with Gasteiger partial charge in [0.25, 0.3) is 5.91 Å². The van der Waals surface area contributed by atoms with E-state index in [4.69, 9.17) is 11.6 Å². The summed E-state index contributed by atoms with van der Waals surface area (Å²) in [7, 11) is 0. The van der Waals surface area contributed by atoms with Gasteiger partial charge in [0.15, 0.2) is 5.65 Å². The molecule has 1 amide bonds. The molecule has 7 nitrogen and oxygen atoms in total. The van der Waals surface area contributed by atoms with Crippen molar-refractivity contribution < 1.29 is 4.79 Å². The van der Waals surface area contributed by atoms with Crippen molar-refractivity contribution in [1.82, 2.24) is 19.5 Å². The smallest absolute Gasteiger partial charge is 0.274 e. The molecule has 0 atom stereocenters. The number of nitrogens with zero attached hydrogens (tertiary/aromatic N) is 5. The Hall–Kier alpha value is -3.42. The number of fused-ring (bicyclic) bond motifs is 1. The van der Waals surface area contributed by atoms with Crippen molar-refractivity contribution in [3.05, 3.63) is 77.7 Å². The number of halogens is 1. The highest BCUT2D eigenvalue weighted by molar-refractivity contribution is 6.30. The molecule has 1 aliphatic heterocycles. The van der Waals surface area contributed by atoms with Gasteiger partial charge in [-0.2, -0.15) is 5.10 Å². The van der Waals surface area contributed by atoms with Crippen molar-refractivity contribution in [3.8, 4) is 11.1 Å². The largest absolute Gasteiger partial charge is 0.367 e. The van der Waals surface area contributed by atoms with Crippen molar-refractivity contribution in [1.29, 1.82) is 0 Å². The van der Waals surface area contributed by atoms with Gasteiger partial charge < -0.3 is 10.2 Å². The summed E-state index contributed by atoms with van der Waals surface area (Å²) in [5.74, 6) is -0.252. The molecule has 5 rings (SSSR count). The second-order valence-corrected chi connectivity index (χ2v) is 8.89. The zero-order valence-electron chi connectivity index (χ0n) is 19.1. The zero-order chi connectivity index (χ0) is 23.5. The maximum Gasteiger partial charge on any atom is 0.274 e. The first-order valence-corrected chi connectivity index (χ1v) is 12.0. The molecule has 0 radical (unpaired) electrons. The fourth-order valence-electron chi connectivity index (χ4n) is 4.43. The molecule has 8 heteroatoms. The number of piperazine rings is 1. The Morgan fingerprint density at radius 3 is 2.68 bits per heavy atom. The fraction of sp³-hybridized carbons (Fsp3) is 0.269. The molecule has 1 N–H and O–H groups in total. The van der Waals surface area contributed by atoms with Crippen LogP contribution in [0.15, 0.2) is 67.0 Å². The predicted octanol–water partition coefficient (Wildman–Crippen LogP) is 4.83. The first-order valence-electron chi connectivity index (χ1n) is 11.6. The molecule has 0 aliphatic carbocycles. The van der Waals surface area contributed by atoms with Crippen LogP contribution in [-0.4, -0.2) is 58.1 Å². The second-order valence-electron chi connectivity index (χ2n) is 8.45. The summed E-state index contributed by atoms with van der Waals surface area (Å²) >= 11 is 6.17. The van der Waals surface area contributed by atoms with E-state index in [9.17, 15) is 4.79 Å². The molecule has 4 aromatic rings. The standard InChI is InChI=1S/C26H27ClN6O/c1-2-11-31-13-15-32(16-14-31)24-9-4-3-8-22(24)30-26(34)23-10-12-33-25(29-23)21(18-28-33)19-6-5-7-20(27)17-19/h3-10,12,17-18H,2,11,13-16H2,1H3,(H,30,34). The summed E-state index contributed by atoms with van der Waals surface area (Å²) in [4.78, 5) is 22.7. The van der Waals surface area contributed by atoms with Gasteiger partial charge in [-0.25, -0.2) is 9.50 Å². The van der Waals surface area contributed by atoms with E-state index < -0.39 is 0 Å². The van der Waals surface area contributed by atoms with Crippen molar-refractivity contribution in [2.45, 2.75) is 13.3 Å². The van der Waals surface area contributed by atoms with Crippen molar-refractivity contribution in [3.63, 3.8) is 0 Å². The lowest BCUT2D eigenvalue weighted by Gasteiger charge is -2.36. The number of hydrogen-bond acceptors (Lipinski definition) is 5. The van der Waals surface area contributed by atoms with E-state index >= 15 is 0 Å². The van der Waals surface area contributed by atoms with Crippen LogP contribution >= 0.6 is 11.6 Å². The molecule has 34 heavy (non-hydrogen) atoms. The van der Waals surface area contributed by atoms with Gasteiger partial charge in [0.05, 0.1) is 17.6 Å². The van der Waals surface area contributed by atoms with Crippen LogP contribution in [0.5, 0.6) is 0 Å². The number of rotatable bonds is 6. The maximum absolute atomic E-state index is 13.2. The Morgan fingerprint density at radius 1 is 1.06 bits per heavy atom. The van der Waals surface area contributed by atoms with Crippen LogP contribution in [0.3, 0.4) is 0 Å². The van der Waals surface area contributed by atoms with Gasteiger partial charge in [0.2, 0.25) is 0 Å². The Balaban J connectivity index is 1.38. The molecular formula is C26H27ClN6O. The van der Waals surface area contributed by atoms with Crippen LogP contribution < -0.4 is 10.2 Å². The van der Waals surface area contributed by atoms with Crippen LogP contribution in [0.2, 0.25) is 5.02 Å². The molecule has 1 aliphatic rings. The quantitative estimate of drug-likeness (QED) is 0.433. The minimum Gasteiger partial charge on any atom is -0.367 e. The number of carbonyl (C=O) groups excluding carboxylic acids is 1. The number of para-hydroxylation sites is 2. The number of benzene rings is 2. The first-order chi connectivity index (χ1) is 16.6. The first kappa shape index (κ1) is 22.4. The van der Waals surface area contributed by atoms with E-state index in [0.717, 1.165) is 55.2 Å². The third-order valence-corrected chi connectivity index (χ3v) is 6.38. The summed E-state index contributed by atoms with van der Waals surface area (Å²) in [6.07, 6.45) is 4.66. The molecule has 2 aromatic carbocycles. The van der Waals surface area contributed by atoms with Gasteiger partial charge >= 0.3 is 0 Å². The third-order valence-electron chi connectivity index (χ3n) is 6.14. The molecule has 0 saturated carbocycles. The lowest BCUT2D eigenvalue weighted by atomic mass is 10.1. The summed E-state index contributed by atoms with van der Waals surface area (Å²) in [6, 6.07) is 17.2. The fourth-order valence-corrected chi connectivity index (χ4v) is 4.62. The van der Waals surface area contributed by atoms with E-state index in [1.807, 2.05) is 42.5 Å². The Kier molecular flexibility index (Phi) is 6.47. The number of nitrogens with one attached hydrogen (secondary N) is 1. The molecule has 2 aromatic heterocycles. The molecule has 0 spiro atoms. The molecule has 3 heterocycles. The van der Waals surface area contributed by atoms with E-state index in [1.54, 1.807) is 23.0 Å². The highest BCUT2D eigenvalue weighted by Crippen LogP contribution is 2.28. The van der Waals surface area contributed by atoms with Crippen molar-refractivity contribution >= 4 is 34.5 Å². The predicted molar refractivity (Wildman–Crippen MR) is 137 cm³/mol. The van der Waals surface area contributed by atoms with Gasteiger partial charge in [-0.05, 0) is 48.9 Å². The minimum atomic E-state index is -0.252. The van der Waals surface area contributed by atoms with E-state index in [0.29, 0.717) is 16.4 Å². The maximum atomic E-state index is 13.2. The number of anilines is 2. The normalized spacial score (nSPS) is 14.5. The van der Waals surface area contributed by atoms with Crippen LogP contribution in [0, 0.1) is 0 Å². The van der Waals surface area contributed by atoms with Crippen LogP contribution in [0.1, 0.15) is 23.8 Å². The molecular weight excluding hydrogens is 448 g/mol. The molecule has 1 saturated heterocycles. The second kappa shape index (κ2) is 9.83. The Labute approximate surface area is 204 Å². The summed E-state index contributed by atoms with van der Waals surface area (Å²) in [5.41, 5.74) is 4.50. The number of aromatic nitrogens is 3. The van der Waals surface area contributed by atoms with Gasteiger partial charge in [-0.15, -0.1) is 0 Å². The van der Waals surface area contributed by atoms with E-state index in [2.05, 4.69) is 38.2 Å². The summed E-state index contributed by atoms with van der Waals surface area (Å²) in [6.45, 7) is 7.28. The van der Waals surface area contributed by atoms with Gasteiger partial charge in [-0.1, -0.05) is 42.8 Å². The number of hydrogen-bond donors (Lipinski definition) is 1. The highest BCUT2D eigenvalue weighted by Gasteiger charge is 2.20. The lowest BCUT2D eigenvalue weighted by Crippen LogP contribution is -2.46. The molecule has 174 valence electrons. The minimum absolute atomic E-state index is 0.252. The van der Waals surface area contributed by atoms with E-state index in [-0.39, 0.29) is 5.91 Å². The van der Waals surface area contributed by atoms with Crippen LogP contribution in [0.4, 0.5) is 11.4 Å². The van der Waals surface area contributed by atoms with Gasteiger partial charge in [0.1, 0.15) is 5.69 Å². The van der Waals surface area contributed by atoms with E-state index in [1.165, 1.54) is 6.42 Å². The number of carbonyl (C=O) groups is 1. The van der Waals surface area contributed by atoms with Gasteiger partial charge in [-0.3, -0.25) is 9.69 Å². The van der Waals surface area contributed by atoms with Crippen LogP contribution in [0.25, 0.3) is 16.8 Å². The average molecular weight is 475 g/mol. The summed E-state index contributed by atoms with van der Waals surface area (Å²) < 4.78 is 1.66. The SMILES string of the molecule is CCCN1CCN(c2ccccc2NC(=O)c2ccn3ncc(-c4cccc(Cl)c4)c3n2)CC1. The van der Waals surface area contributed by atoms with Gasteiger partial charge in [0, 0.05) is 43.0 Å². The molecule has 0 unspecified atom stereocenters. The number of amides is 1. The monoisotopic (exact) mass is 474 g/mol. The van der Waals surface area contributed by atoms with Crippen LogP contribution in [-0.2, 0) is 0 Å². The third kappa shape index (κ3) is 4.62. The summed E-state index contributed by atoms with van der Waals surface area (Å²) in [5, 5.41) is 8.09. The topological polar surface area (TPSA) is 65.8 Å². The lowest BCUT2D eigenvalue weighted by molar-refractivity contribution is 0.102. The van der Waals surface area contributed by atoms with Crippen molar-refractivity contribution in [2.75, 3.05) is 42.9 Å². The zero-order valence-corrected chi connectivity index (χ0v) is 19.9. The highest BCUT2D eigenvalue weighted by atomic mass is 35.5.